The van der Waals surface area contributed by atoms with Crippen molar-refractivity contribution < 1.29 is 18.9 Å². The molecule has 0 bridgehead atoms. The van der Waals surface area contributed by atoms with Gasteiger partial charge in [0.15, 0.2) is 0 Å². The molecule has 1 aliphatic rings. The van der Waals surface area contributed by atoms with Crippen LogP contribution in [0.1, 0.15) is 24.6 Å². The standard InChI is InChI=1S/C15H24N3O6PS/c1-10-8-18(15(21)16-14(10)20)13-7-11(19)12(24-13)9-23-25(26)22-6-4-5-17(2)3/h8,11-13,19H,4-7,9H2,1-3H3/p+1/t11-,12-,13-/m1/s1. The molecule has 146 valence electrons. The molecule has 1 saturated heterocycles. The van der Waals surface area contributed by atoms with Gasteiger partial charge in [0.25, 0.3) is 5.56 Å². The third-order valence-electron chi connectivity index (χ3n) is 3.95. The minimum atomic E-state index is -1.47. The van der Waals surface area contributed by atoms with Crippen molar-refractivity contribution >= 4 is 19.0 Å². The zero-order valence-electron chi connectivity index (χ0n) is 15.1. The van der Waals surface area contributed by atoms with Gasteiger partial charge < -0.3 is 14.7 Å². The lowest BCUT2D eigenvalue weighted by Gasteiger charge is -2.14. The molecule has 2 rings (SSSR count). The van der Waals surface area contributed by atoms with Crippen molar-refractivity contribution in [1.29, 1.82) is 0 Å². The summed E-state index contributed by atoms with van der Waals surface area (Å²) in [6.07, 6.45) is 0.418. The third kappa shape index (κ3) is 6.02. The molecule has 1 aliphatic heterocycles. The van der Waals surface area contributed by atoms with Crippen molar-refractivity contribution in [3.05, 3.63) is 32.6 Å². The Labute approximate surface area is 157 Å². The maximum absolute atomic E-state index is 11.9. The number of aromatic amines is 1. The summed E-state index contributed by atoms with van der Waals surface area (Å²) in [6.45, 7) is 3.09. The number of aryl methyl sites for hydroxylation is 1. The van der Waals surface area contributed by atoms with E-state index in [0.29, 0.717) is 12.2 Å². The Morgan fingerprint density at radius 1 is 1.46 bits per heavy atom. The summed E-state index contributed by atoms with van der Waals surface area (Å²) >= 11 is 5.14. The van der Waals surface area contributed by atoms with Crippen LogP contribution in [-0.2, 0) is 25.6 Å². The van der Waals surface area contributed by atoms with E-state index in [4.69, 9.17) is 25.6 Å². The Hall–Kier alpha value is -1.00. The Balaban J connectivity index is 1.83. The smallest absolute Gasteiger partial charge is 0.390 e. The summed E-state index contributed by atoms with van der Waals surface area (Å²) < 4.78 is 17.9. The van der Waals surface area contributed by atoms with Crippen molar-refractivity contribution in [3.8, 4) is 0 Å². The molecule has 0 aromatic carbocycles. The lowest BCUT2D eigenvalue weighted by molar-refractivity contribution is -0.0406. The Morgan fingerprint density at radius 3 is 2.88 bits per heavy atom. The van der Waals surface area contributed by atoms with Gasteiger partial charge in [-0.3, -0.25) is 14.3 Å². The van der Waals surface area contributed by atoms with E-state index < -0.39 is 36.8 Å². The first kappa shape index (κ1) is 21.3. The number of hydrogen-bond acceptors (Lipinski definition) is 8. The molecule has 2 heterocycles. The topological polar surface area (TPSA) is 106 Å². The largest absolute Gasteiger partial charge is 0.521 e. The van der Waals surface area contributed by atoms with Gasteiger partial charge in [-0.1, -0.05) is 0 Å². The van der Waals surface area contributed by atoms with Crippen LogP contribution in [0, 0.1) is 6.92 Å². The molecule has 0 spiro atoms. The number of hydrogen-bond donors (Lipinski definition) is 2. The second kappa shape index (κ2) is 9.80. The zero-order valence-corrected chi connectivity index (χ0v) is 16.8. The predicted molar refractivity (Wildman–Crippen MR) is 100.0 cm³/mol. The average molecular weight is 406 g/mol. The molecule has 0 aliphatic carbocycles. The molecule has 0 saturated carbocycles. The van der Waals surface area contributed by atoms with E-state index in [1.807, 2.05) is 14.1 Å². The minimum absolute atomic E-state index is 0.0810. The minimum Gasteiger partial charge on any atom is -0.390 e. The lowest BCUT2D eigenvalue weighted by Crippen LogP contribution is -2.33. The van der Waals surface area contributed by atoms with Gasteiger partial charge in [0.1, 0.15) is 25.5 Å². The molecular weight excluding hydrogens is 381 g/mol. The van der Waals surface area contributed by atoms with E-state index in [0.717, 1.165) is 13.0 Å². The van der Waals surface area contributed by atoms with Crippen molar-refractivity contribution in [2.24, 2.45) is 0 Å². The van der Waals surface area contributed by atoms with Gasteiger partial charge in [0, 0.05) is 18.2 Å². The van der Waals surface area contributed by atoms with E-state index in [1.165, 1.54) is 10.8 Å². The molecule has 26 heavy (non-hydrogen) atoms. The van der Waals surface area contributed by atoms with Crippen molar-refractivity contribution in [1.82, 2.24) is 14.5 Å². The van der Waals surface area contributed by atoms with Crippen LogP contribution in [-0.4, -0.2) is 65.6 Å². The zero-order chi connectivity index (χ0) is 19.3. The summed E-state index contributed by atoms with van der Waals surface area (Å²) in [7, 11) is 2.49. The Kier molecular flexibility index (Phi) is 8.03. The number of nitrogens with one attached hydrogen (secondary N) is 1. The number of H-pyrrole nitrogens is 1. The van der Waals surface area contributed by atoms with Gasteiger partial charge in [-0.25, -0.2) is 4.79 Å². The first-order chi connectivity index (χ1) is 12.3. The number of aliphatic hydroxyl groups excluding tert-OH is 1. The van der Waals surface area contributed by atoms with E-state index in [2.05, 4.69) is 9.88 Å². The van der Waals surface area contributed by atoms with E-state index in [1.54, 1.807) is 6.92 Å². The van der Waals surface area contributed by atoms with Gasteiger partial charge in [-0.05, 0) is 34.0 Å². The predicted octanol–water partition coefficient (Wildman–Crippen LogP) is 0.252. The number of aromatic nitrogens is 2. The molecule has 0 radical (unpaired) electrons. The van der Waals surface area contributed by atoms with Gasteiger partial charge in [-0.15, -0.1) is 9.05 Å². The first-order valence-electron chi connectivity index (χ1n) is 8.31. The van der Waals surface area contributed by atoms with Gasteiger partial charge in [-0.2, -0.15) is 0 Å². The van der Waals surface area contributed by atoms with Crippen LogP contribution in [0.25, 0.3) is 0 Å². The van der Waals surface area contributed by atoms with Crippen LogP contribution in [0.2, 0.25) is 0 Å². The molecule has 1 aromatic rings. The molecule has 11 heteroatoms. The van der Waals surface area contributed by atoms with Gasteiger partial charge in [0.05, 0.1) is 6.10 Å². The second-order valence-corrected chi connectivity index (χ2v) is 8.28. The number of ether oxygens (including phenoxy) is 1. The van der Waals surface area contributed by atoms with Crippen molar-refractivity contribution in [2.45, 2.75) is 38.2 Å². The lowest BCUT2D eigenvalue weighted by atomic mass is 10.2. The summed E-state index contributed by atoms with van der Waals surface area (Å²) in [4.78, 5) is 27.7. The molecule has 2 N–H and O–H groups in total. The van der Waals surface area contributed by atoms with E-state index in [9.17, 15) is 14.7 Å². The third-order valence-corrected chi connectivity index (χ3v) is 5.34. The van der Waals surface area contributed by atoms with Crippen molar-refractivity contribution in [3.63, 3.8) is 0 Å². The van der Waals surface area contributed by atoms with Gasteiger partial charge >= 0.3 is 12.8 Å². The van der Waals surface area contributed by atoms with E-state index in [-0.39, 0.29) is 13.0 Å². The molecule has 9 nitrogen and oxygen atoms in total. The number of nitrogens with zero attached hydrogens (tertiary/aromatic N) is 2. The molecule has 1 fully saturated rings. The highest BCUT2D eigenvalue weighted by atomic mass is 32.4. The maximum atomic E-state index is 11.9. The monoisotopic (exact) mass is 406 g/mol. The Morgan fingerprint density at radius 2 is 2.19 bits per heavy atom. The number of aliphatic hydroxyl groups is 1. The first-order valence-corrected chi connectivity index (χ1v) is 10.5. The fourth-order valence-corrected chi connectivity index (χ4v) is 3.55. The van der Waals surface area contributed by atoms with Crippen LogP contribution in [0.4, 0.5) is 0 Å². The van der Waals surface area contributed by atoms with Crippen LogP contribution < -0.4 is 11.2 Å². The molecule has 0 amide bonds. The Bertz CT molecular complexity index is 737. The van der Waals surface area contributed by atoms with Crippen LogP contribution in [0.15, 0.2) is 15.8 Å². The normalized spacial score (nSPS) is 23.6. The fourth-order valence-electron chi connectivity index (χ4n) is 2.53. The van der Waals surface area contributed by atoms with Crippen molar-refractivity contribution in [2.75, 3.05) is 33.9 Å². The molecule has 1 unspecified atom stereocenters. The van der Waals surface area contributed by atoms with Gasteiger partial charge in [0.2, 0.25) is 11.8 Å². The second-order valence-electron chi connectivity index (χ2n) is 6.42. The fraction of sp³-hybridized carbons (Fsp3) is 0.733. The van der Waals surface area contributed by atoms with E-state index >= 15 is 0 Å². The quantitative estimate of drug-likeness (QED) is 0.444. The van der Waals surface area contributed by atoms with Crippen LogP contribution >= 0.6 is 7.15 Å². The maximum Gasteiger partial charge on any atom is 0.521 e. The summed E-state index contributed by atoms with van der Waals surface area (Å²) in [5.41, 5.74) is -0.621. The summed E-state index contributed by atoms with van der Waals surface area (Å²) in [5, 5.41) is 10.2. The highest BCUT2D eigenvalue weighted by molar-refractivity contribution is 8.00. The average Bonchev–Trinajstić information content (AvgIpc) is 2.93. The van der Waals surface area contributed by atoms with Crippen LogP contribution in [0.5, 0.6) is 0 Å². The SMILES string of the molecule is Cc1cn([C@H]2C[C@@H](O)[C@@H](CO[P+](=S)OCCCN(C)C)O2)c(=O)[nH]c1=O. The highest BCUT2D eigenvalue weighted by Gasteiger charge is 2.37. The summed E-state index contributed by atoms with van der Waals surface area (Å²) in [5.74, 6) is 0. The molecular formula is C15H25N3O6PS+. The molecule has 1 aromatic heterocycles. The highest BCUT2D eigenvalue weighted by Crippen LogP contribution is 2.31. The number of rotatable bonds is 9. The summed E-state index contributed by atoms with van der Waals surface area (Å²) in [6, 6.07) is 0. The molecule has 4 atom stereocenters. The van der Waals surface area contributed by atoms with Crippen LogP contribution in [0.3, 0.4) is 0 Å².